The standard InChI is InChI=1S/C9H19N/c1-9(2,3)8-4-6-10-7-5-8/h8,10H,4-7H2,1-3H3/i6D. The van der Waals surface area contributed by atoms with Gasteiger partial charge in [-0.1, -0.05) is 20.8 Å². The van der Waals surface area contributed by atoms with Gasteiger partial charge in [-0.2, -0.15) is 0 Å². The minimum absolute atomic E-state index is 0.0204. The molecule has 1 heterocycles. The van der Waals surface area contributed by atoms with Crippen molar-refractivity contribution in [1.29, 1.82) is 0 Å². The highest BCUT2D eigenvalue weighted by atomic mass is 14.9. The van der Waals surface area contributed by atoms with E-state index in [9.17, 15) is 0 Å². The van der Waals surface area contributed by atoms with Crippen molar-refractivity contribution in [1.82, 2.24) is 5.32 Å². The Labute approximate surface area is 65.6 Å². The zero-order valence-corrected chi connectivity index (χ0v) is 7.28. The molecule has 1 N–H and O–H groups in total. The van der Waals surface area contributed by atoms with Gasteiger partial charge < -0.3 is 5.32 Å². The Balaban J connectivity index is 2.46. The van der Waals surface area contributed by atoms with Crippen molar-refractivity contribution < 1.29 is 1.37 Å². The maximum atomic E-state index is 7.57. The summed E-state index contributed by atoms with van der Waals surface area (Å²) in [6.45, 7) is 7.82. The lowest BCUT2D eigenvalue weighted by Crippen LogP contribution is -2.34. The maximum absolute atomic E-state index is 7.57. The van der Waals surface area contributed by atoms with E-state index in [-0.39, 0.29) is 6.52 Å². The number of hydrogen-bond acceptors (Lipinski definition) is 1. The zero-order valence-electron chi connectivity index (χ0n) is 8.28. The van der Waals surface area contributed by atoms with Crippen LogP contribution in [0.3, 0.4) is 0 Å². The lowest BCUT2D eigenvalue weighted by Gasteiger charge is -2.34. The van der Waals surface area contributed by atoms with E-state index in [1.807, 2.05) is 0 Å². The molecule has 0 aromatic heterocycles. The molecule has 0 amide bonds. The summed E-state index contributed by atoms with van der Waals surface area (Å²) in [7, 11) is 0. The molecule has 0 saturated carbocycles. The van der Waals surface area contributed by atoms with Crippen LogP contribution in [0.15, 0.2) is 0 Å². The predicted octanol–water partition coefficient (Wildman–Crippen LogP) is 2.03. The van der Waals surface area contributed by atoms with Crippen LogP contribution in [-0.4, -0.2) is 13.1 Å². The van der Waals surface area contributed by atoms with Crippen LogP contribution in [0.2, 0.25) is 0 Å². The largest absolute Gasteiger partial charge is 0.317 e. The van der Waals surface area contributed by atoms with Crippen LogP contribution in [0.1, 0.15) is 35.0 Å². The Hall–Kier alpha value is -0.0400. The van der Waals surface area contributed by atoms with Crippen LogP contribution in [0.25, 0.3) is 0 Å². The highest BCUT2D eigenvalue weighted by molar-refractivity contribution is 4.78. The summed E-state index contributed by atoms with van der Waals surface area (Å²) in [6.07, 6.45) is 2.25. The summed E-state index contributed by atoms with van der Waals surface area (Å²) >= 11 is 0. The van der Waals surface area contributed by atoms with Crippen LogP contribution in [0, 0.1) is 11.3 Å². The molecule has 1 heteroatoms. The summed E-state index contributed by atoms with van der Waals surface area (Å²) < 4.78 is 7.57. The van der Waals surface area contributed by atoms with Crippen LogP contribution >= 0.6 is 0 Å². The molecule has 0 radical (unpaired) electrons. The second-order valence-electron chi connectivity index (χ2n) is 4.25. The van der Waals surface area contributed by atoms with Gasteiger partial charge in [-0.3, -0.25) is 0 Å². The lowest BCUT2D eigenvalue weighted by atomic mass is 9.76. The van der Waals surface area contributed by atoms with Crippen molar-refractivity contribution in [3.63, 3.8) is 0 Å². The zero-order chi connectivity index (χ0) is 8.48. The van der Waals surface area contributed by atoms with E-state index in [4.69, 9.17) is 1.37 Å². The number of hydrogen-bond donors (Lipinski definition) is 1. The minimum atomic E-state index is -0.0204. The van der Waals surface area contributed by atoms with Crippen molar-refractivity contribution in [3.8, 4) is 0 Å². The van der Waals surface area contributed by atoms with E-state index in [0.29, 0.717) is 5.41 Å². The molecule has 10 heavy (non-hydrogen) atoms. The second kappa shape index (κ2) is 2.91. The second-order valence-corrected chi connectivity index (χ2v) is 4.25. The Morgan fingerprint density at radius 3 is 2.50 bits per heavy atom. The van der Waals surface area contributed by atoms with Crippen molar-refractivity contribution in [2.75, 3.05) is 13.1 Å². The average molecular weight is 142 g/mol. The molecule has 2 atom stereocenters. The molecule has 0 aromatic carbocycles. The van der Waals surface area contributed by atoms with Crippen LogP contribution < -0.4 is 5.32 Å². The minimum Gasteiger partial charge on any atom is -0.317 e. The van der Waals surface area contributed by atoms with Gasteiger partial charge in [0.2, 0.25) is 0 Å². The van der Waals surface area contributed by atoms with Gasteiger partial charge in [0, 0.05) is 1.37 Å². The number of nitrogens with one attached hydrogen (secondary N) is 1. The van der Waals surface area contributed by atoms with Crippen molar-refractivity contribution in [3.05, 3.63) is 0 Å². The van der Waals surface area contributed by atoms with E-state index in [1.165, 1.54) is 6.42 Å². The monoisotopic (exact) mass is 142 g/mol. The van der Waals surface area contributed by atoms with Gasteiger partial charge in [-0.05, 0) is 37.2 Å². The molecule has 1 nitrogen and oxygen atoms in total. The highest BCUT2D eigenvalue weighted by Crippen LogP contribution is 2.32. The fraction of sp³-hybridized carbons (Fsp3) is 1.00. The normalized spacial score (nSPS) is 37.3. The van der Waals surface area contributed by atoms with Gasteiger partial charge in [0.15, 0.2) is 0 Å². The molecule has 1 rings (SSSR count). The molecule has 1 saturated heterocycles. The molecule has 0 aromatic rings. The molecular weight excluding hydrogens is 122 g/mol. The van der Waals surface area contributed by atoms with Crippen molar-refractivity contribution in [2.45, 2.75) is 33.6 Å². The molecule has 60 valence electrons. The third-order valence-corrected chi connectivity index (χ3v) is 2.41. The summed E-state index contributed by atoms with van der Waals surface area (Å²) in [5.74, 6) is 0.728. The Kier molecular flexibility index (Phi) is 1.94. The molecule has 2 unspecified atom stereocenters. The van der Waals surface area contributed by atoms with Gasteiger partial charge >= 0.3 is 0 Å². The molecular formula is C9H19N. The van der Waals surface area contributed by atoms with Gasteiger partial charge in [0.05, 0.1) is 0 Å². The SMILES string of the molecule is [2H]C1CC(C(C)(C)C)CCN1. The van der Waals surface area contributed by atoms with Crippen LogP contribution in [-0.2, 0) is 0 Å². The number of rotatable bonds is 0. The fourth-order valence-electron chi connectivity index (χ4n) is 1.49. The van der Waals surface area contributed by atoms with Crippen LogP contribution in [0.5, 0.6) is 0 Å². The Morgan fingerprint density at radius 1 is 1.40 bits per heavy atom. The first kappa shape index (κ1) is 6.66. The van der Waals surface area contributed by atoms with Gasteiger partial charge in [0.1, 0.15) is 0 Å². The third-order valence-electron chi connectivity index (χ3n) is 2.41. The molecule has 1 fully saturated rings. The van der Waals surface area contributed by atoms with E-state index >= 15 is 0 Å². The average Bonchev–Trinajstić information content (AvgIpc) is 1.86. The first-order valence-corrected chi connectivity index (χ1v) is 4.16. The fourth-order valence-corrected chi connectivity index (χ4v) is 1.49. The summed E-state index contributed by atoms with van der Waals surface area (Å²) in [5.41, 5.74) is 0.390. The van der Waals surface area contributed by atoms with Gasteiger partial charge in [0.25, 0.3) is 0 Å². The number of piperidine rings is 1. The highest BCUT2D eigenvalue weighted by Gasteiger charge is 2.25. The quantitative estimate of drug-likeness (QED) is 0.545. The molecule has 0 spiro atoms. The predicted molar refractivity (Wildman–Crippen MR) is 45.0 cm³/mol. The van der Waals surface area contributed by atoms with Crippen LogP contribution in [0.4, 0.5) is 0 Å². The molecule has 0 bridgehead atoms. The smallest absolute Gasteiger partial charge is 0.0428 e. The van der Waals surface area contributed by atoms with E-state index in [1.54, 1.807) is 0 Å². The third kappa shape index (κ3) is 1.98. The maximum Gasteiger partial charge on any atom is 0.0428 e. The van der Waals surface area contributed by atoms with Gasteiger partial charge in [-0.25, -0.2) is 0 Å². The van der Waals surface area contributed by atoms with E-state index in [2.05, 4.69) is 26.1 Å². The van der Waals surface area contributed by atoms with E-state index < -0.39 is 0 Å². The summed E-state index contributed by atoms with van der Waals surface area (Å²) in [6, 6.07) is 0. The Bertz CT molecular complexity index is 128. The molecule has 1 aliphatic rings. The van der Waals surface area contributed by atoms with E-state index in [0.717, 1.165) is 18.9 Å². The summed E-state index contributed by atoms with van der Waals surface area (Å²) in [5, 5.41) is 3.15. The van der Waals surface area contributed by atoms with Crippen molar-refractivity contribution >= 4 is 0 Å². The topological polar surface area (TPSA) is 12.0 Å². The summed E-state index contributed by atoms with van der Waals surface area (Å²) in [4.78, 5) is 0. The first-order valence-electron chi connectivity index (χ1n) is 4.73. The Morgan fingerprint density at radius 2 is 2.10 bits per heavy atom. The molecule has 1 aliphatic heterocycles. The first-order chi connectivity index (χ1) is 5.00. The lowest BCUT2D eigenvalue weighted by molar-refractivity contribution is 0.188. The van der Waals surface area contributed by atoms with Crippen molar-refractivity contribution in [2.24, 2.45) is 11.3 Å². The molecule has 0 aliphatic carbocycles. The van der Waals surface area contributed by atoms with Gasteiger partial charge in [-0.15, -0.1) is 0 Å².